The van der Waals surface area contributed by atoms with E-state index in [2.05, 4.69) is 10.2 Å². The zero-order chi connectivity index (χ0) is 21.8. The second-order valence-electron chi connectivity index (χ2n) is 7.57. The number of carbonyl (C=O) groups excluding carboxylic acids is 1. The van der Waals surface area contributed by atoms with E-state index in [-0.39, 0.29) is 17.2 Å². The second-order valence-corrected chi connectivity index (χ2v) is 9.80. The fraction of sp³-hybridized carbons (Fsp3) is 0.632. The maximum absolute atomic E-state index is 12.9. The molecule has 2 amide bonds. The zero-order valence-electron chi connectivity index (χ0n) is 16.5. The van der Waals surface area contributed by atoms with E-state index in [1.807, 2.05) is 0 Å². The third-order valence-corrected chi connectivity index (χ3v) is 7.08. The lowest BCUT2D eigenvalue weighted by atomic mass is 10.2. The van der Waals surface area contributed by atoms with Gasteiger partial charge >= 0.3 is 12.2 Å². The number of amides is 2. The van der Waals surface area contributed by atoms with Crippen LogP contribution in [-0.2, 0) is 20.8 Å². The summed E-state index contributed by atoms with van der Waals surface area (Å²) in [5.74, 6) is -0.116. The van der Waals surface area contributed by atoms with Crippen molar-refractivity contribution in [3.8, 4) is 0 Å². The smallest absolute Gasteiger partial charge is 0.379 e. The molecule has 1 aromatic carbocycles. The number of carbonyl (C=O) groups is 1. The molecule has 3 rings (SSSR count). The van der Waals surface area contributed by atoms with Crippen LogP contribution in [0.2, 0.25) is 0 Å². The van der Waals surface area contributed by atoms with Crippen LogP contribution in [0.1, 0.15) is 18.4 Å². The molecule has 11 heteroatoms. The standard InChI is InChI=1S/C19H26F3N3O4S/c20-19(21,22)15-3-1-4-16(13-15)23-18(26)25(17-5-12-30(27,28)14-17)7-2-6-24-8-10-29-11-9-24/h1,3-4,13,17H,2,5-12,14H2,(H,23,26)/t17-/m1/s1. The first kappa shape index (κ1) is 22.8. The zero-order valence-corrected chi connectivity index (χ0v) is 17.3. The van der Waals surface area contributed by atoms with Gasteiger partial charge in [-0.25, -0.2) is 13.2 Å². The summed E-state index contributed by atoms with van der Waals surface area (Å²) in [6.07, 6.45) is -3.55. The highest BCUT2D eigenvalue weighted by molar-refractivity contribution is 7.91. The minimum absolute atomic E-state index is 0.00840. The summed E-state index contributed by atoms with van der Waals surface area (Å²) in [6, 6.07) is 3.34. The van der Waals surface area contributed by atoms with E-state index in [1.54, 1.807) is 0 Å². The summed E-state index contributed by atoms with van der Waals surface area (Å²) in [6.45, 7) is 3.96. The van der Waals surface area contributed by atoms with Gasteiger partial charge < -0.3 is 15.0 Å². The maximum Gasteiger partial charge on any atom is 0.416 e. The van der Waals surface area contributed by atoms with E-state index in [0.29, 0.717) is 32.6 Å². The average Bonchev–Trinajstić information content (AvgIpc) is 3.05. The molecule has 0 radical (unpaired) electrons. The van der Waals surface area contributed by atoms with Crippen molar-refractivity contribution < 1.29 is 31.1 Å². The molecule has 2 aliphatic rings. The lowest BCUT2D eigenvalue weighted by molar-refractivity contribution is -0.137. The Morgan fingerprint density at radius 3 is 2.63 bits per heavy atom. The molecule has 0 aromatic heterocycles. The summed E-state index contributed by atoms with van der Waals surface area (Å²) >= 11 is 0. The Bertz CT molecular complexity index is 842. The van der Waals surface area contributed by atoms with Gasteiger partial charge in [0.15, 0.2) is 9.84 Å². The van der Waals surface area contributed by atoms with Gasteiger partial charge in [0.2, 0.25) is 0 Å². The van der Waals surface area contributed by atoms with Crippen LogP contribution in [0.25, 0.3) is 0 Å². The largest absolute Gasteiger partial charge is 0.416 e. The topological polar surface area (TPSA) is 79.0 Å². The molecule has 0 saturated carbocycles. The first-order valence-corrected chi connectivity index (χ1v) is 11.7. The molecule has 1 aromatic rings. The van der Waals surface area contributed by atoms with Gasteiger partial charge in [0, 0.05) is 37.9 Å². The molecule has 2 heterocycles. The van der Waals surface area contributed by atoms with E-state index in [9.17, 15) is 26.4 Å². The summed E-state index contributed by atoms with van der Waals surface area (Å²) in [7, 11) is -3.22. The fourth-order valence-electron chi connectivity index (χ4n) is 3.73. The molecule has 1 atom stereocenters. The monoisotopic (exact) mass is 449 g/mol. The molecule has 2 saturated heterocycles. The van der Waals surface area contributed by atoms with Gasteiger partial charge in [-0.3, -0.25) is 4.90 Å². The van der Waals surface area contributed by atoms with E-state index in [4.69, 9.17) is 4.74 Å². The van der Waals surface area contributed by atoms with Crippen LogP contribution in [0, 0.1) is 0 Å². The van der Waals surface area contributed by atoms with E-state index in [0.717, 1.165) is 31.8 Å². The molecule has 0 unspecified atom stereocenters. The Morgan fingerprint density at radius 2 is 2.00 bits per heavy atom. The van der Waals surface area contributed by atoms with Gasteiger partial charge in [-0.05, 0) is 31.0 Å². The van der Waals surface area contributed by atoms with Gasteiger partial charge in [-0.1, -0.05) is 6.07 Å². The molecule has 30 heavy (non-hydrogen) atoms. The number of sulfone groups is 1. The van der Waals surface area contributed by atoms with Crippen molar-refractivity contribution in [2.45, 2.75) is 25.1 Å². The van der Waals surface area contributed by atoms with Crippen molar-refractivity contribution in [2.75, 3.05) is 56.2 Å². The van der Waals surface area contributed by atoms with E-state index >= 15 is 0 Å². The second kappa shape index (κ2) is 9.52. The Morgan fingerprint density at radius 1 is 1.27 bits per heavy atom. The summed E-state index contributed by atoms with van der Waals surface area (Å²) in [5.41, 5.74) is -0.837. The highest BCUT2D eigenvalue weighted by Crippen LogP contribution is 2.31. The van der Waals surface area contributed by atoms with Gasteiger partial charge in [-0.15, -0.1) is 0 Å². The van der Waals surface area contributed by atoms with Gasteiger partial charge in [0.05, 0.1) is 30.3 Å². The number of hydrogen-bond donors (Lipinski definition) is 1. The third-order valence-electron chi connectivity index (χ3n) is 5.33. The van der Waals surface area contributed by atoms with Crippen LogP contribution < -0.4 is 5.32 Å². The van der Waals surface area contributed by atoms with Gasteiger partial charge in [0.1, 0.15) is 0 Å². The molecule has 1 N–H and O–H groups in total. The normalized spacial score (nSPS) is 22.0. The summed E-state index contributed by atoms with van der Waals surface area (Å²) in [4.78, 5) is 16.5. The quantitative estimate of drug-likeness (QED) is 0.722. The minimum Gasteiger partial charge on any atom is -0.379 e. The predicted molar refractivity (Wildman–Crippen MR) is 106 cm³/mol. The van der Waals surface area contributed by atoms with Crippen molar-refractivity contribution in [3.05, 3.63) is 29.8 Å². The number of anilines is 1. The molecule has 2 aliphatic heterocycles. The van der Waals surface area contributed by atoms with E-state index in [1.165, 1.54) is 17.0 Å². The summed E-state index contributed by atoms with van der Waals surface area (Å²) < 4.78 is 67.9. The van der Waals surface area contributed by atoms with Crippen molar-refractivity contribution in [2.24, 2.45) is 0 Å². The first-order chi connectivity index (χ1) is 14.1. The maximum atomic E-state index is 12.9. The number of morpholine rings is 1. The molecule has 0 bridgehead atoms. The Kier molecular flexibility index (Phi) is 7.25. The number of benzene rings is 1. The predicted octanol–water partition coefficient (Wildman–Crippen LogP) is 2.45. The van der Waals surface area contributed by atoms with Crippen LogP contribution in [0.4, 0.5) is 23.7 Å². The number of nitrogens with one attached hydrogen (secondary N) is 1. The SMILES string of the molecule is O=C(Nc1cccc(C(F)(F)F)c1)N(CCCN1CCOCC1)[C@@H]1CCS(=O)(=O)C1. The van der Waals surface area contributed by atoms with Crippen molar-refractivity contribution >= 4 is 21.6 Å². The molecular weight excluding hydrogens is 423 g/mol. The fourth-order valence-corrected chi connectivity index (χ4v) is 5.46. The Labute approximate surface area is 174 Å². The van der Waals surface area contributed by atoms with E-state index < -0.39 is 33.6 Å². The Hall–Kier alpha value is -1.85. The number of ether oxygens (including phenoxy) is 1. The molecule has 168 valence electrons. The average molecular weight is 449 g/mol. The van der Waals surface area contributed by atoms with Crippen LogP contribution >= 0.6 is 0 Å². The van der Waals surface area contributed by atoms with Crippen molar-refractivity contribution in [1.82, 2.24) is 9.80 Å². The van der Waals surface area contributed by atoms with Gasteiger partial charge in [-0.2, -0.15) is 13.2 Å². The summed E-state index contributed by atoms with van der Waals surface area (Å²) in [5, 5.41) is 2.51. The van der Waals surface area contributed by atoms with Crippen molar-refractivity contribution in [3.63, 3.8) is 0 Å². The molecule has 2 fully saturated rings. The van der Waals surface area contributed by atoms with Gasteiger partial charge in [0.25, 0.3) is 0 Å². The van der Waals surface area contributed by atoms with Crippen LogP contribution in [0.3, 0.4) is 0 Å². The van der Waals surface area contributed by atoms with Crippen LogP contribution in [0.5, 0.6) is 0 Å². The Balaban J connectivity index is 1.66. The minimum atomic E-state index is -4.52. The first-order valence-electron chi connectivity index (χ1n) is 9.89. The molecule has 7 nitrogen and oxygen atoms in total. The number of nitrogens with zero attached hydrogens (tertiary/aromatic N) is 2. The number of alkyl halides is 3. The molecule has 0 aliphatic carbocycles. The molecular formula is C19H26F3N3O4S. The lowest BCUT2D eigenvalue weighted by Gasteiger charge is -2.31. The number of halogens is 3. The molecule has 0 spiro atoms. The third kappa shape index (κ3) is 6.32. The number of urea groups is 1. The number of rotatable bonds is 6. The highest BCUT2D eigenvalue weighted by Gasteiger charge is 2.35. The lowest BCUT2D eigenvalue weighted by Crippen LogP contribution is -2.45. The van der Waals surface area contributed by atoms with Crippen LogP contribution in [-0.4, -0.2) is 81.2 Å². The van der Waals surface area contributed by atoms with Crippen molar-refractivity contribution in [1.29, 1.82) is 0 Å². The van der Waals surface area contributed by atoms with Crippen LogP contribution in [0.15, 0.2) is 24.3 Å². The highest BCUT2D eigenvalue weighted by atomic mass is 32.2. The number of hydrogen-bond acceptors (Lipinski definition) is 5.